The van der Waals surface area contributed by atoms with E-state index in [2.05, 4.69) is 15.6 Å². The first-order chi connectivity index (χ1) is 14.9. The van der Waals surface area contributed by atoms with Crippen molar-refractivity contribution in [1.29, 1.82) is 0 Å². The second-order valence-electron chi connectivity index (χ2n) is 7.34. The molecule has 1 aliphatic rings. The van der Waals surface area contributed by atoms with Crippen LogP contribution in [0.25, 0.3) is 0 Å². The molecule has 10 heteroatoms. The van der Waals surface area contributed by atoms with Gasteiger partial charge in [-0.2, -0.15) is 0 Å². The lowest BCUT2D eigenvalue weighted by atomic mass is 10.1. The molecule has 1 aromatic heterocycles. The Morgan fingerprint density at radius 3 is 2.77 bits per heavy atom. The maximum absolute atomic E-state index is 12.7. The average Bonchev–Trinajstić information content (AvgIpc) is 3.27. The average molecular weight is 429 g/mol. The first-order valence-corrected chi connectivity index (χ1v) is 10.3. The number of anilines is 2. The van der Waals surface area contributed by atoms with E-state index in [-0.39, 0.29) is 36.5 Å². The van der Waals surface area contributed by atoms with Gasteiger partial charge in [-0.25, -0.2) is 4.79 Å². The number of rotatable bonds is 9. The van der Waals surface area contributed by atoms with Gasteiger partial charge >= 0.3 is 5.69 Å². The van der Waals surface area contributed by atoms with Crippen molar-refractivity contribution < 1.29 is 14.3 Å². The zero-order valence-corrected chi connectivity index (χ0v) is 17.4. The Morgan fingerprint density at radius 2 is 2.06 bits per heavy atom. The number of ether oxygens (including phenoxy) is 1. The van der Waals surface area contributed by atoms with Gasteiger partial charge in [0.2, 0.25) is 0 Å². The lowest BCUT2D eigenvalue weighted by molar-refractivity contribution is 0.0858. The first-order valence-electron chi connectivity index (χ1n) is 10.3. The molecule has 0 spiro atoms. The molecule has 0 saturated carbocycles. The predicted molar refractivity (Wildman–Crippen MR) is 117 cm³/mol. The number of carbonyl (C=O) groups excluding carboxylic acids is 2. The molecule has 2 heterocycles. The number of nitrogens with zero attached hydrogens (tertiary/aromatic N) is 1. The summed E-state index contributed by atoms with van der Waals surface area (Å²) in [4.78, 5) is 51.6. The number of amides is 1. The van der Waals surface area contributed by atoms with Crippen molar-refractivity contribution in [3.8, 4) is 0 Å². The third kappa shape index (κ3) is 5.21. The number of nitrogen functional groups attached to an aromatic ring is 1. The number of aromatic nitrogens is 2. The van der Waals surface area contributed by atoms with E-state index in [1.165, 1.54) is 4.57 Å². The summed E-state index contributed by atoms with van der Waals surface area (Å²) in [6.07, 6.45) is 2.51. The van der Waals surface area contributed by atoms with Gasteiger partial charge in [-0.15, -0.1) is 0 Å². The summed E-state index contributed by atoms with van der Waals surface area (Å²) in [5.74, 6) is -1.04. The summed E-state index contributed by atoms with van der Waals surface area (Å²) in [6.45, 7) is 2.98. The van der Waals surface area contributed by atoms with Crippen LogP contribution in [0.5, 0.6) is 0 Å². The molecule has 1 saturated heterocycles. The number of nitrogens with one attached hydrogen (secondary N) is 3. The molecular weight excluding hydrogens is 402 g/mol. The summed E-state index contributed by atoms with van der Waals surface area (Å²) < 4.78 is 6.68. The molecule has 1 fully saturated rings. The number of hydrogen-bond acceptors (Lipinski definition) is 7. The zero-order valence-electron chi connectivity index (χ0n) is 17.4. The van der Waals surface area contributed by atoms with Crippen LogP contribution in [0.15, 0.2) is 33.9 Å². The van der Waals surface area contributed by atoms with E-state index in [1.54, 1.807) is 24.3 Å². The Balaban J connectivity index is 1.72. The number of H-pyrrole nitrogens is 1. The summed E-state index contributed by atoms with van der Waals surface area (Å²) in [5.41, 5.74) is 4.99. The van der Waals surface area contributed by atoms with Gasteiger partial charge in [0.25, 0.3) is 11.5 Å². The topological polar surface area (TPSA) is 148 Å². The number of para-hydroxylation sites is 1. The number of Topliss-reactive ketones (excluding diaryl/α,β-unsaturated/α-hetero) is 1. The van der Waals surface area contributed by atoms with Crippen LogP contribution < -0.4 is 27.6 Å². The van der Waals surface area contributed by atoms with E-state index in [1.807, 2.05) is 6.92 Å². The van der Waals surface area contributed by atoms with Crippen molar-refractivity contribution in [1.82, 2.24) is 14.9 Å². The molecule has 31 heavy (non-hydrogen) atoms. The molecular formula is C21H27N5O5. The molecule has 1 unspecified atom stereocenters. The number of ketones is 1. The van der Waals surface area contributed by atoms with Gasteiger partial charge in [-0.3, -0.25) is 23.9 Å². The van der Waals surface area contributed by atoms with Gasteiger partial charge in [-0.1, -0.05) is 19.1 Å². The summed E-state index contributed by atoms with van der Waals surface area (Å²) in [7, 11) is 0. The Kier molecular flexibility index (Phi) is 7.24. The number of benzene rings is 1. The van der Waals surface area contributed by atoms with Crippen LogP contribution in [0.3, 0.4) is 0 Å². The fraction of sp³-hybridized carbons (Fsp3) is 0.429. The van der Waals surface area contributed by atoms with Gasteiger partial charge < -0.3 is 21.1 Å². The standard InChI is InChI=1S/C21H27N5O5/c1-2-9-26-18(22)17(20(29)25-21(26)30)16(27)12-23-15-8-4-3-7-14(15)19(28)24-11-13-6-5-10-31-13/h3-4,7-8,13,23H,2,5-6,9-12,22H2,1H3,(H,24,28)(H,25,29,30). The maximum Gasteiger partial charge on any atom is 0.329 e. The van der Waals surface area contributed by atoms with E-state index in [0.717, 1.165) is 12.8 Å². The van der Waals surface area contributed by atoms with Crippen molar-refractivity contribution in [3.63, 3.8) is 0 Å². The quantitative estimate of drug-likeness (QED) is 0.430. The molecule has 10 nitrogen and oxygen atoms in total. The minimum absolute atomic E-state index is 0.0131. The van der Waals surface area contributed by atoms with Gasteiger partial charge in [0.15, 0.2) is 5.78 Å². The second-order valence-corrected chi connectivity index (χ2v) is 7.34. The van der Waals surface area contributed by atoms with E-state index in [4.69, 9.17) is 10.5 Å². The van der Waals surface area contributed by atoms with Crippen LogP contribution in [-0.4, -0.2) is 47.0 Å². The lowest BCUT2D eigenvalue weighted by Crippen LogP contribution is -2.37. The highest BCUT2D eigenvalue weighted by Crippen LogP contribution is 2.16. The molecule has 2 aromatic rings. The number of carbonyl (C=O) groups is 2. The highest BCUT2D eigenvalue weighted by molar-refractivity contribution is 6.04. The fourth-order valence-corrected chi connectivity index (χ4v) is 3.51. The lowest BCUT2D eigenvalue weighted by Gasteiger charge is -2.15. The number of hydrogen-bond donors (Lipinski definition) is 4. The highest BCUT2D eigenvalue weighted by atomic mass is 16.5. The fourth-order valence-electron chi connectivity index (χ4n) is 3.51. The minimum Gasteiger partial charge on any atom is -0.384 e. The van der Waals surface area contributed by atoms with E-state index in [9.17, 15) is 19.2 Å². The number of nitrogens with two attached hydrogens (primary N) is 1. The summed E-state index contributed by atoms with van der Waals surface area (Å²) in [5, 5.41) is 5.75. The molecule has 1 aliphatic heterocycles. The zero-order chi connectivity index (χ0) is 22.4. The number of aromatic amines is 1. The monoisotopic (exact) mass is 429 g/mol. The molecule has 0 aliphatic carbocycles. The van der Waals surface area contributed by atoms with E-state index >= 15 is 0 Å². The van der Waals surface area contributed by atoms with E-state index in [0.29, 0.717) is 30.8 Å². The summed E-state index contributed by atoms with van der Waals surface area (Å²) >= 11 is 0. The van der Waals surface area contributed by atoms with Crippen LogP contribution in [-0.2, 0) is 11.3 Å². The highest BCUT2D eigenvalue weighted by Gasteiger charge is 2.21. The summed E-state index contributed by atoms with van der Waals surface area (Å²) in [6, 6.07) is 6.75. The van der Waals surface area contributed by atoms with Crippen molar-refractivity contribution in [2.24, 2.45) is 0 Å². The predicted octanol–water partition coefficient (Wildman–Crippen LogP) is 0.732. The Hall–Kier alpha value is -3.40. The SMILES string of the molecule is CCCn1c(N)c(C(=O)CNc2ccccc2C(=O)NCC2CCCO2)c(=O)[nH]c1=O. The largest absolute Gasteiger partial charge is 0.384 e. The van der Waals surface area contributed by atoms with Gasteiger partial charge in [0, 0.05) is 25.4 Å². The van der Waals surface area contributed by atoms with E-state index < -0.39 is 17.0 Å². The molecule has 1 aromatic carbocycles. The first kappa shape index (κ1) is 22.3. The minimum atomic E-state index is -0.829. The molecule has 5 N–H and O–H groups in total. The molecule has 3 rings (SSSR count). The third-order valence-electron chi connectivity index (χ3n) is 5.09. The molecule has 1 amide bonds. The van der Waals surface area contributed by atoms with Crippen molar-refractivity contribution in [2.75, 3.05) is 30.7 Å². The smallest absolute Gasteiger partial charge is 0.329 e. The molecule has 1 atom stereocenters. The normalized spacial score (nSPS) is 15.6. The van der Waals surface area contributed by atoms with Crippen LogP contribution in [0.4, 0.5) is 11.5 Å². The second kappa shape index (κ2) is 10.1. The molecule has 0 radical (unpaired) electrons. The molecule has 166 valence electrons. The van der Waals surface area contributed by atoms with Crippen LogP contribution >= 0.6 is 0 Å². The van der Waals surface area contributed by atoms with Crippen molar-refractivity contribution >= 4 is 23.2 Å². The van der Waals surface area contributed by atoms with Crippen LogP contribution in [0.1, 0.15) is 46.9 Å². The Bertz CT molecular complexity index is 1070. The van der Waals surface area contributed by atoms with Crippen LogP contribution in [0, 0.1) is 0 Å². The van der Waals surface area contributed by atoms with Crippen LogP contribution in [0.2, 0.25) is 0 Å². The van der Waals surface area contributed by atoms with Gasteiger partial charge in [0.05, 0.1) is 18.2 Å². The third-order valence-corrected chi connectivity index (χ3v) is 5.09. The van der Waals surface area contributed by atoms with Gasteiger partial charge in [-0.05, 0) is 31.4 Å². The Morgan fingerprint density at radius 1 is 1.29 bits per heavy atom. The van der Waals surface area contributed by atoms with Crippen molar-refractivity contribution in [3.05, 3.63) is 56.2 Å². The maximum atomic E-state index is 12.7. The van der Waals surface area contributed by atoms with Gasteiger partial charge in [0.1, 0.15) is 11.4 Å². The van der Waals surface area contributed by atoms with Crippen molar-refractivity contribution in [2.45, 2.75) is 38.8 Å². The molecule has 0 bridgehead atoms. The Labute approximate surface area is 178 Å².